The van der Waals surface area contributed by atoms with Gasteiger partial charge < -0.3 is 20.0 Å². The number of amides is 1. The Morgan fingerprint density at radius 1 is 1.85 bits per heavy atom. The van der Waals surface area contributed by atoms with Crippen LogP contribution in [0.3, 0.4) is 0 Å². The third-order valence-electron chi connectivity index (χ3n) is 1.63. The van der Waals surface area contributed by atoms with Gasteiger partial charge in [-0.1, -0.05) is 0 Å². The molecule has 0 aromatic carbocycles. The number of imidazole rings is 1. The second kappa shape index (κ2) is 4.08. The van der Waals surface area contributed by atoms with Gasteiger partial charge in [-0.05, 0) is 19.1 Å². The molecule has 1 heterocycles. The number of hydrogen-bond donors (Lipinski definition) is 2. The van der Waals surface area contributed by atoms with E-state index < -0.39 is 6.09 Å². The molecule has 1 aromatic heterocycles. The summed E-state index contributed by atoms with van der Waals surface area (Å²) in [4.78, 5) is 13.1. The van der Waals surface area contributed by atoms with Gasteiger partial charge >= 0.3 is 6.09 Å². The molecule has 0 radical (unpaired) electrons. The van der Waals surface area contributed by atoms with Crippen LogP contribution in [-0.4, -0.2) is 22.3 Å². The maximum Gasteiger partial charge on any atom is 0.404 e. The number of hydrogen-bond acceptors (Lipinski definition) is 3. The molecular formula is C7H11N3O2S. The summed E-state index contributed by atoms with van der Waals surface area (Å²) in [7, 11) is 0. The monoisotopic (exact) mass is 201 g/mol. The molecule has 0 aliphatic rings. The van der Waals surface area contributed by atoms with Crippen LogP contribution >= 0.6 is 12.2 Å². The van der Waals surface area contributed by atoms with Gasteiger partial charge in [0.2, 0.25) is 0 Å². The molecule has 1 rings (SSSR count). The van der Waals surface area contributed by atoms with Crippen LogP contribution in [0, 0.1) is 11.7 Å². The maximum atomic E-state index is 10.3. The first-order valence-corrected chi connectivity index (χ1v) is 4.19. The Balaban J connectivity index is 2.54. The van der Waals surface area contributed by atoms with E-state index in [0.29, 0.717) is 11.3 Å². The van der Waals surface area contributed by atoms with Gasteiger partial charge in [0.1, 0.15) is 6.61 Å². The van der Waals surface area contributed by atoms with Crippen LogP contribution in [0.15, 0.2) is 6.20 Å². The van der Waals surface area contributed by atoms with E-state index in [1.807, 2.05) is 11.5 Å². The number of nitrogens with one attached hydrogen (secondary N) is 1. The highest BCUT2D eigenvalue weighted by Gasteiger charge is 1.99. The van der Waals surface area contributed by atoms with E-state index in [1.165, 1.54) is 0 Å². The smallest absolute Gasteiger partial charge is 0.404 e. The van der Waals surface area contributed by atoms with Crippen molar-refractivity contribution in [2.45, 2.75) is 13.5 Å². The zero-order valence-corrected chi connectivity index (χ0v) is 8.06. The van der Waals surface area contributed by atoms with Gasteiger partial charge in [-0.15, -0.1) is 0 Å². The standard InChI is InChI=1S/C7H11N3O2S/c1-5-4-9-7(13)10(5)2-3-12-6(8)11/h4H,2-3H2,1H3,(H2,8,11)(H,9,13). The van der Waals surface area contributed by atoms with Gasteiger partial charge in [0.25, 0.3) is 0 Å². The maximum absolute atomic E-state index is 10.3. The topological polar surface area (TPSA) is 73.0 Å². The first kappa shape index (κ1) is 9.79. The first-order chi connectivity index (χ1) is 6.11. The lowest BCUT2D eigenvalue weighted by Gasteiger charge is -2.04. The van der Waals surface area contributed by atoms with Crippen molar-refractivity contribution in [2.75, 3.05) is 6.61 Å². The molecule has 0 saturated heterocycles. The van der Waals surface area contributed by atoms with Gasteiger partial charge in [-0.3, -0.25) is 0 Å². The van der Waals surface area contributed by atoms with Gasteiger partial charge in [0.05, 0.1) is 6.54 Å². The minimum Gasteiger partial charge on any atom is -0.448 e. The van der Waals surface area contributed by atoms with Crippen LogP contribution in [0.25, 0.3) is 0 Å². The van der Waals surface area contributed by atoms with Gasteiger partial charge in [0, 0.05) is 11.9 Å². The zero-order valence-electron chi connectivity index (χ0n) is 7.24. The van der Waals surface area contributed by atoms with E-state index in [9.17, 15) is 4.79 Å². The molecule has 1 aromatic rings. The number of aromatic nitrogens is 2. The molecule has 0 aliphatic heterocycles. The summed E-state index contributed by atoms with van der Waals surface area (Å²) < 4.78 is 7.03. The second-order valence-electron chi connectivity index (χ2n) is 2.55. The van der Waals surface area contributed by atoms with Gasteiger partial charge in [-0.25, -0.2) is 4.79 Å². The number of ether oxygens (including phenoxy) is 1. The Bertz CT molecular complexity index is 355. The number of nitrogens with two attached hydrogens (primary N) is 1. The van der Waals surface area contributed by atoms with E-state index in [0.717, 1.165) is 5.69 Å². The average molecular weight is 201 g/mol. The molecule has 13 heavy (non-hydrogen) atoms. The number of carbonyl (C=O) groups is 1. The first-order valence-electron chi connectivity index (χ1n) is 3.78. The summed E-state index contributed by atoms with van der Waals surface area (Å²) in [6.07, 6.45) is 1.03. The van der Waals surface area contributed by atoms with Crippen molar-refractivity contribution in [1.29, 1.82) is 0 Å². The molecule has 0 spiro atoms. The van der Waals surface area contributed by atoms with Crippen LogP contribution in [0.5, 0.6) is 0 Å². The molecule has 0 saturated carbocycles. The lowest BCUT2D eigenvalue weighted by atomic mass is 10.5. The summed E-state index contributed by atoms with van der Waals surface area (Å²) in [6, 6.07) is 0. The Labute approximate surface area is 80.5 Å². The van der Waals surface area contributed by atoms with E-state index >= 15 is 0 Å². The number of nitrogens with zero attached hydrogens (tertiary/aromatic N) is 1. The number of aryl methyl sites for hydroxylation is 1. The predicted octanol–water partition coefficient (Wildman–Crippen LogP) is 0.949. The van der Waals surface area contributed by atoms with Gasteiger partial charge in [-0.2, -0.15) is 0 Å². The molecule has 5 nitrogen and oxygen atoms in total. The molecule has 72 valence electrons. The van der Waals surface area contributed by atoms with Crippen molar-refractivity contribution >= 4 is 18.3 Å². The minimum atomic E-state index is -0.764. The highest BCUT2D eigenvalue weighted by atomic mass is 32.1. The summed E-state index contributed by atoms with van der Waals surface area (Å²) >= 11 is 4.99. The Morgan fingerprint density at radius 3 is 3.00 bits per heavy atom. The molecule has 0 unspecified atom stereocenters. The predicted molar refractivity (Wildman–Crippen MR) is 49.9 cm³/mol. The zero-order chi connectivity index (χ0) is 9.84. The fraction of sp³-hybridized carbons (Fsp3) is 0.429. The molecule has 0 fully saturated rings. The molecule has 3 N–H and O–H groups in total. The summed E-state index contributed by atoms with van der Waals surface area (Å²) in [6.45, 7) is 2.68. The number of primary amides is 1. The number of H-pyrrole nitrogens is 1. The van der Waals surface area contributed by atoms with Crippen molar-refractivity contribution in [3.8, 4) is 0 Å². The van der Waals surface area contributed by atoms with Crippen molar-refractivity contribution < 1.29 is 9.53 Å². The van der Waals surface area contributed by atoms with Crippen molar-refractivity contribution in [3.63, 3.8) is 0 Å². The van der Waals surface area contributed by atoms with Crippen LogP contribution < -0.4 is 5.73 Å². The highest BCUT2D eigenvalue weighted by Crippen LogP contribution is 1.98. The van der Waals surface area contributed by atoms with Crippen molar-refractivity contribution in [1.82, 2.24) is 9.55 Å². The second-order valence-corrected chi connectivity index (χ2v) is 2.94. The van der Waals surface area contributed by atoms with Crippen LogP contribution in [0.4, 0.5) is 4.79 Å². The normalized spacial score (nSPS) is 9.92. The third kappa shape index (κ3) is 2.59. The number of rotatable bonds is 3. The minimum absolute atomic E-state index is 0.238. The molecule has 6 heteroatoms. The van der Waals surface area contributed by atoms with E-state index in [1.54, 1.807) is 6.20 Å². The summed E-state index contributed by atoms with van der Waals surface area (Å²) in [5.41, 5.74) is 5.80. The van der Waals surface area contributed by atoms with Crippen LogP contribution in [0.2, 0.25) is 0 Å². The van der Waals surface area contributed by atoms with Gasteiger partial charge in [0.15, 0.2) is 4.77 Å². The Hall–Kier alpha value is -1.30. The van der Waals surface area contributed by atoms with Crippen LogP contribution in [-0.2, 0) is 11.3 Å². The van der Waals surface area contributed by atoms with E-state index in [2.05, 4.69) is 9.72 Å². The number of carbonyl (C=O) groups excluding carboxylic acids is 1. The quantitative estimate of drug-likeness (QED) is 0.715. The molecule has 1 amide bonds. The molecule has 0 bridgehead atoms. The molecule has 0 aliphatic carbocycles. The lowest BCUT2D eigenvalue weighted by molar-refractivity contribution is 0.152. The summed E-state index contributed by atoms with van der Waals surface area (Å²) in [5, 5.41) is 0. The summed E-state index contributed by atoms with van der Waals surface area (Å²) in [5.74, 6) is 0. The van der Waals surface area contributed by atoms with E-state index in [-0.39, 0.29) is 6.61 Å². The lowest BCUT2D eigenvalue weighted by Crippen LogP contribution is -2.17. The SMILES string of the molecule is Cc1c[nH]c(=S)n1CCOC(N)=O. The van der Waals surface area contributed by atoms with Crippen LogP contribution in [0.1, 0.15) is 5.69 Å². The van der Waals surface area contributed by atoms with Crippen molar-refractivity contribution in [2.24, 2.45) is 5.73 Å². The fourth-order valence-corrected chi connectivity index (χ4v) is 1.29. The average Bonchev–Trinajstić information content (AvgIpc) is 2.34. The molecular weight excluding hydrogens is 190 g/mol. The highest BCUT2D eigenvalue weighted by molar-refractivity contribution is 7.71. The Morgan fingerprint density at radius 2 is 2.54 bits per heavy atom. The third-order valence-corrected chi connectivity index (χ3v) is 1.97. The molecule has 0 atom stereocenters. The Kier molecular flexibility index (Phi) is 3.07. The number of aromatic amines is 1. The van der Waals surface area contributed by atoms with E-state index in [4.69, 9.17) is 18.0 Å². The fourth-order valence-electron chi connectivity index (χ4n) is 0.998. The van der Waals surface area contributed by atoms with Crippen molar-refractivity contribution in [3.05, 3.63) is 16.7 Å². The largest absolute Gasteiger partial charge is 0.448 e.